The topological polar surface area (TPSA) is 15.3 Å². The van der Waals surface area contributed by atoms with E-state index in [2.05, 4.69) is 66.7 Å². The van der Waals surface area contributed by atoms with Crippen molar-refractivity contribution >= 4 is 0 Å². The van der Waals surface area contributed by atoms with Crippen molar-refractivity contribution < 1.29 is 0 Å². The van der Waals surface area contributed by atoms with Crippen LogP contribution in [0, 0.1) is 6.92 Å². The highest BCUT2D eigenvalue weighted by atomic mass is 15.1. The van der Waals surface area contributed by atoms with Gasteiger partial charge in [-0.2, -0.15) is 0 Å². The third-order valence-electron chi connectivity index (χ3n) is 3.89. The molecule has 0 aromatic heterocycles. The van der Waals surface area contributed by atoms with Gasteiger partial charge in [0.15, 0.2) is 0 Å². The Kier molecular flexibility index (Phi) is 3.86. The Labute approximate surface area is 121 Å². The summed E-state index contributed by atoms with van der Waals surface area (Å²) in [7, 11) is 2.19. The average Bonchev–Trinajstić information content (AvgIpc) is 2.86. The highest BCUT2D eigenvalue weighted by Crippen LogP contribution is 2.18. The number of hydrogen-bond donors (Lipinski definition) is 1. The summed E-state index contributed by atoms with van der Waals surface area (Å²) in [5, 5.41) is 3.40. The molecule has 0 amide bonds. The van der Waals surface area contributed by atoms with E-state index in [-0.39, 0.29) is 0 Å². The highest BCUT2D eigenvalue weighted by molar-refractivity contribution is 5.34. The van der Waals surface area contributed by atoms with Gasteiger partial charge in [-0.25, -0.2) is 0 Å². The molecule has 0 fully saturated rings. The van der Waals surface area contributed by atoms with Crippen LogP contribution in [-0.4, -0.2) is 11.9 Å². The average molecular weight is 266 g/mol. The van der Waals surface area contributed by atoms with Crippen molar-refractivity contribution in [2.24, 2.45) is 0 Å². The summed E-state index contributed by atoms with van der Waals surface area (Å²) in [6.07, 6.45) is 0. The molecule has 1 aliphatic rings. The molecule has 1 N–H and O–H groups in total. The van der Waals surface area contributed by atoms with Crippen LogP contribution >= 0.6 is 0 Å². The molecule has 20 heavy (non-hydrogen) atoms. The first-order chi connectivity index (χ1) is 9.70. The van der Waals surface area contributed by atoms with E-state index < -0.39 is 0 Å². The summed E-state index contributed by atoms with van der Waals surface area (Å²) < 4.78 is 0. The monoisotopic (exact) mass is 266 g/mol. The summed E-state index contributed by atoms with van der Waals surface area (Å²) in [4.78, 5) is 2.37. The third kappa shape index (κ3) is 3.09. The van der Waals surface area contributed by atoms with Gasteiger partial charge < -0.3 is 5.32 Å². The Hall–Kier alpha value is -1.64. The van der Waals surface area contributed by atoms with Gasteiger partial charge in [-0.3, -0.25) is 4.90 Å². The van der Waals surface area contributed by atoms with Crippen molar-refractivity contribution in [1.82, 2.24) is 10.2 Å². The first kappa shape index (κ1) is 13.3. The van der Waals surface area contributed by atoms with E-state index in [0.29, 0.717) is 0 Å². The smallest absolute Gasteiger partial charge is 0.0234 e. The van der Waals surface area contributed by atoms with Gasteiger partial charge in [0.25, 0.3) is 0 Å². The molecular weight excluding hydrogens is 244 g/mol. The van der Waals surface area contributed by atoms with Gasteiger partial charge in [-0.1, -0.05) is 48.0 Å². The highest BCUT2D eigenvalue weighted by Gasteiger charge is 2.10. The zero-order chi connectivity index (χ0) is 13.9. The fraction of sp³-hybridized carbons (Fsp3) is 0.333. The lowest BCUT2D eigenvalue weighted by Gasteiger charge is -2.17. The summed E-state index contributed by atoms with van der Waals surface area (Å²) in [6, 6.07) is 15.6. The minimum Gasteiger partial charge on any atom is -0.309 e. The maximum atomic E-state index is 3.40. The number of nitrogens with zero attached hydrogens (tertiary/aromatic N) is 1. The Morgan fingerprint density at radius 3 is 2.50 bits per heavy atom. The maximum Gasteiger partial charge on any atom is 0.0234 e. The molecule has 1 aliphatic heterocycles. The first-order valence-electron chi connectivity index (χ1n) is 7.26. The molecule has 2 aromatic carbocycles. The number of aryl methyl sites for hydroxylation is 1. The molecule has 2 aromatic rings. The number of hydrogen-bond acceptors (Lipinski definition) is 2. The lowest BCUT2D eigenvalue weighted by molar-refractivity contribution is 0.319. The van der Waals surface area contributed by atoms with Crippen LogP contribution in [0.2, 0.25) is 0 Å². The minimum absolute atomic E-state index is 0.997. The van der Waals surface area contributed by atoms with Crippen LogP contribution in [0.15, 0.2) is 42.5 Å². The van der Waals surface area contributed by atoms with E-state index in [1.54, 1.807) is 0 Å². The zero-order valence-corrected chi connectivity index (χ0v) is 12.3. The zero-order valence-electron chi connectivity index (χ0n) is 12.3. The van der Waals surface area contributed by atoms with Crippen LogP contribution < -0.4 is 5.32 Å². The molecule has 104 valence electrons. The summed E-state index contributed by atoms with van der Waals surface area (Å²) in [5.74, 6) is 0. The van der Waals surface area contributed by atoms with Crippen molar-refractivity contribution in [1.29, 1.82) is 0 Å². The van der Waals surface area contributed by atoms with Crippen LogP contribution in [0.3, 0.4) is 0 Å². The molecule has 2 nitrogen and oxygen atoms in total. The second-order valence-electron chi connectivity index (χ2n) is 5.87. The van der Waals surface area contributed by atoms with Gasteiger partial charge in [0.2, 0.25) is 0 Å². The third-order valence-corrected chi connectivity index (χ3v) is 3.89. The molecule has 1 heterocycles. The predicted octanol–water partition coefficient (Wildman–Crippen LogP) is 3.23. The van der Waals surface area contributed by atoms with Crippen molar-refractivity contribution in [2.45, 2.75) is 33.1 Å². The molecule has 0 saturated heterocycles. The van der Waals surface area contributed by atoms with E-state index >= 15 is 0 Å². The Morgan fingerprint density at radius 1 is 0.950 bits per heavy atom. The van der Waals surface area contributed by atoms with Gasteiger partial charge in [0.1, 0.15) is 0 Å². The quantitative estimate of drug-likeness (QED) is 0.914. The fourth-order valence-corrected chi connectivity index (χ4v) is 2.94. The van der Waals surface area contributed by atoms with E-state index in [1.165, 1.54) is 27.8 Å². The van der Waals surface area contributed by atoms with Crippen LogP contribution in [0.25, 0.3) is 0 Å². The van der Waals surface area contributed by atoms with E-state index in [0.717, 1.165) is 26.2 Å². The lowest BCUT2D eigenvalue weighted by atomic mass is 10.1. The van der Waals surface area contributed by atoms with Crippen molar-refractivity contribution in [3.63, 3.8) is 0 Å². The predicted molar refractivity (Wildman–Crippen MR) is 83.3 cm³/mol. The Balaban J connectivity index is 1.65. The normalized spacial score (nSPS) is 13.8. The van der Waals surface area contributed by atoms with Gasteiger partial charge in [0.05, 0.1) is 0 Å². The van der Waals surface area contributed by atoms with E-state index in [9.17, 15) is 0 Å². The van der Waals surface area contributed by atoms with Crippen molar-refractivity contribution in [2.75, 3.05) is 7.05 Å². The fourth-order valence-electron chi connectivity index (χ4n) is 2.94. The molecule has 0 aliphatic carbocycles. The SMILES string of the molecule is Cc1cccc(CN(C)Cc2ccc3c(c2)CNC3)c1. The maximum absolute atomic E-state index is 3.40. The van der Waals surface area contributed by atoms with Gasteiger partial charge in [-0.15, -0.1) is 0 Å². The number of benzene rings is 2. The molecule has 2 heteroatoms. The summed E-state index contributed by atoms with van der Waals surface area (Å²) >= 11 is 0. The molecule has 0 saturated carbocycles. The minimum atomic E-state index is 0.997. The molecule has 0 unspecified atom stereocenters. The van der Waals surface area contributed by atoms with Gasteiger partial charge >= 0.3 is 0 Å². The van der Waals surface area contributed by atoms with E-state index in [4.69, 9.17) is 0 Å². The van der Waals surface area contributed by atoms with Crippen molar-refractivity contribution in [3.05, 3.63) is 70.3 Å². The Bertz CT molecular complexity index is 604. The largest absolute Gasteiger partial charge is 0.309 e. The number of rotatable bonds is 4. The van der Waals surface area contributed by atoms with Crippen LogP contribution in [-0.2, 0) is 26.2 Å². The number of nitrogens with one attached hydrogen (secondary N) is 1. The molecule has 0 spiro atoms. The van der Waals surface area contributed by atoms with Crippen molar-refractivity contribution in [3.8, 4) is 0 Å². The van der Waals surface area contributed by atoms with Gasteiger partial charge in [0, 0.05) is 26.2 Å². The molecule has 0 radical (unpaired) electrons. The molecule has 3 rings (SSSR count). The standard InChI is InChI=1S/C18H22N2/c1-14-4-3-5-15(8-14)12-20(2)13-16-6-7-17-10-19-11-18(17)9-16/h3-9,19H,10-13H2,1-2H3. The van der Waals surface area contributed by atoms with Gasteiger partial charge in [-0.05, 0) is 36.2 Å². The van der Waals surface area contributed by atoms with E-state index in [1.807, 2.05) is 0 Å². The van der Waals surface area contributed by atoms with Crippen LogP contribution in [0.4, 0.5) is 0 Å². The summed E-state index contributed by atoms with van der Waals surface area (Å²) in [5.41, 5.74) is 7.04. The second kappa shape index (κ2) is 5.78. The van der Waals surface area contributed by atoms with Crippen LogP contribution in [0.5, 0.6) is 0 Å². The second-order valence-corrected chi connectivity index (χ2v) is 5.87. The summed E-state index contributed by atoms with van der Waals surface area (Å²) in [6.45, 7) is 6.19. The molecule has 0 bridgehead atoms. The first-order valence-corrected chi connectivity index (χ1v) is 7.26. The van der Waals surface area contributed by atoms with Crippen LogP contribution in [0.1, 0.15) is 27.8 Å². The molecular formula is C18H22N2. The number of fused-ring (bicyclic) bond motifs is 1. The molecule has 0 atom stereocenters. The Morgan fingerprint density at radius 2 is 1.70 bits per heavy atom. The lowest BCUT2D eigenvalue weighted by Crippen LogP contribution is -2.17.